The van der Waals surface area contributed by atoms with Gasteiger partial charge in [0.1, 0.15) is 12.4 Å². The summed E-state index contributed by atoms with van der Waals surface area (Å²) in [5.74, 6) is -0.292. The van der Waals surface area contributed by atoms with Crippen molar-refractivity contribution in [2.45, 2.75) is 6.92 Å². The van der Waals surface area contributed by atoms with E-state index in [9.17, 15) is 9.90 Å². The monoisotopic (exact) mass is 291 g/mol. The molecule has 22 heavy (non-hydrogen) atoms. The Labute approximate surface area is 127 Å². The molecule has 1 heterocycles. The van der Waals surface area contributed by atoms with Gasteiger partial charge in [-0.3, -0.25) is 0 Å². The molecular weight excluding hydrogens is 278 g/mol. The minimum atomic E-state index is -0.967. The van der Waals surface area contributed by atoms with Crippen LogP contribution in [-0.4, -0.2) is 17.7 Å². The molecule has 0 saturated carbocycles. The van der Waals surface area contributed by atoms with Gasteiger partial charge in [0.25, 0.3) is 0 Å². The summed E-state index contributed by atoms with van der Waals surface area (Å²) in [4.78, 5) is 11.2. The lowest BCUT2D eigenvalue weighted by Gasteiger charge is -2.23. The highest BCUT2D eigenvalue weighted by molar-refractivity contribution is 5.92. The summed E-state index contributed by atoms with van der Waals surface area (Å²) in [5, 5.41) is 18.1. The van der Waals surface area contributed by atoms with Crippen LogP contribution in [0.3, 0.4) is 0 Å². The maximum Gasteiger partial charge on any atom is 0.335 e. The Morgan fingerprint density at radius 2 is 1.95 bits per heavy atom. The van der Waals surface area contributed by atoms with Crippen LogP contribution in [0, 0.1) is 11.3 Å². The smallest absolute Gasteiger partial charge is 0.335 e. The molecule has 1 N–H and O–H groups in total. The molecule has 0 saturated heterocycles. The fraction of sp³-hybridized carbons (Fsp3) is 0.111. The molecule has 0 radical (unpaired) electrons. The Balaban J connectivity index is 2.16. The zero-order valence-corrected chi connectivity index (χ0v) is 12.0. The highest BCUT2D eigenvalue weighted by atomic mass is 16.5. The number of carbonyl (C=O) groups is 1. The van der Waals surface area contributed by atoms with Gasteiger partial charge in [0.05, 0.1) is 17.2 Å². The number of hydrogen-bond donors (Lipinski definition) is 1. The summed E-state index contributed by atoms with van der Waals surface area (Å²) in [5.41, 5.74) is 4.53. The molecule has 0 aliphatic carbocycles. The number of ether oxygens (including phenoxy) is 1. The Morgan fingerprint density at radius 1 is 1.23 bits per heavy atom. The number of fused-ring (bicyclic) bond motifs is 1. The van der Waals surface area contributed by atoms with E-state index in [1.54, 1.807) is 24.3 Å². The molecule has 2 aromatic rings. The maximum absolute atomic E-state index is 11.2. The van der Waals surface area contributed by atoms with E-state index in [0.29, 0.717) is 17.9 Å². The lowest BCUT2D eigenvalue weighted by atomic mass is 9.90. The predicted molar refractivity (Wildman–Crippen MR) is 81.7 cm³/mol. The van der Waals surface area contributed by atoms with Gasteiger partial charge < -0.3 is 9.84 Å². The van der Waals surface area contributed by atoms with E-state index in [-0.39, 0.29) is 5.56 Å². The Kier molecular flexibility index (Phi) is 3.40. The molecule has 0 atom stereocenters. The van der Waals surface area contributed by atoms with Crippen LogP contribution in [0.2, 0.25) is 0 Å². The minimum Gasteiger partial charge on any atom is -0.489 e. The van der Waals surface area contributed by atoms with Crippen molar-refractivity contribution in [3.05, 3.63) is 70.3 Å². The Hall–Kier alpha value is -3.06. The molecule has 0 spiro atoms. The second-order valence-electron chi connectivity index (χ2n) is 5.15. The van der Waals surface area contributed by atoms with Gasteiger partial charge in [-0.15, -0.1) is 0 Å². The lowest BCUT2D eigenvalue weighted by molar-refractivity contribution is 0.0697. The Morgan fingerprint density at radius 3 is 2.59 bits per heavy atom. The van der Waals surface area contributed by atoms with Crippen LogP contribution in [0.1, 0.15) is 34.0 Å². The van der Waals surface area contributed by atoms with Gasteiger partial charge >= 0.3 is 5.97 Å². The molecule has 4 nitrogen and oxygen atoms in total. The first-order chi connectivity index (χ1) is 10.6. The number of nitrogens with zero attached hydrogens (tertiary/aromatic N) is 1. The van der Waals surface area contributed by atoms with E-state index in [0.717, 1.165) is 22.3 Å². The van der Waals surface area contributed by atoms with Gasteiger partial charge in [-0.2, -0.15) is 5.26 Å². The zero-order valence-electron chi connectivity index (χ0n) is 12.0. The number of carboxylic acid groups (broad SMARTS) is 1. The van der Waals surface area contributed by atoms with Gasteiger partial charge in [-0.25, -0.2) is 4.79 Å². The lowest BCUT2D eigenvalue weighted by Crippen LogP contribution is -2.11. The van der Waals surface area contributed by atoms with E-state index in [1.165, 1.54) is 6.07 Å². The standard InChI is InChI=1S/C18H13NO3/c1-11-10-22-16-7-6-14(18(20)21)8-15(16)17(11)13-4-2-12(9-19)3-5-13/h2-8H,10H2,1H3,(H,20,21). The summed E-state index contributed by atoms with van der Waals surface area (Å²) in [6.45, 7) is 2.43. The van der Waals surface area contributed by atoms with Crippen LogP contribution < -0.4 is 4.74 Å². The third-order valence-corrected chi connectivity index (χ3v) is 3.67. The van der Waals surface area contributed by atoms with E-state index >= 15 is 0 Å². The minimum absolute atomic E-state index is 0.225. The van der Waals surface area contributed by atoms with Gasteiger partial charge in [0, 0.05) is 5.56 Å². The van der Waals surface area contributed by atoms with Crippen molar-refractivity contribution >= 4 is 11.5 Å². The van der Waals surface area contributed by atoms with Crippen LogP contribution in [-0.2, 0) is 0 Å². The molecule has 2 aromatic carbocycles. The average molecular weight is 291 g/mol. The number of nitriles is 1. The average Bonchev–Trinajstić information content (AvgIpc) is 2.54. The molecule has 1 aliphatic rings. The molecule has 0 amide bonds. The number of aromatic carboxylic acids is 1. The molecule has 3 rings (SSSR count). The third kappa shape index (κ3) is 2.33. The van der Waals surface area contributed by atoms with Crippen molar-refractivity contribution in [1.82, 2.24) is 0 Å². The predicted octanol–water partition coefficient (Wildman–Crippen LogP) is 3.47. The first kappa shape index (κ1) is 13.9. The van der Waals surface area contributed by atoms with Crippen molar-refractivity contribution in [3.63, 3.8) is 0 Å². The van der Waals surface area contributed by atoms with Crippen molar-refractivity contribution < 1.29 is 14.6 Å². The van der Waals surface area contributed by atoms with E-state index in [1.807, 2.05) is 19.1 Å². The topological polar surface area (TPSA) is 70.3 Å². The van der Waals surface area contributed by atoms with Gasteiger partial charge in [0.15, 0.2) is 0 Å². The quantitative estimate of drug-likeness (QED) is 0.919. The van der Waals surface area contributed by atoms with E-state index < -0.39 is 5.97 Å². The largest absolute Gasteiger partial charge is 0.489 e. The molecule has 0 aromatic heterocycles. The molecule has 1 aliphatic heterocycles. The maximum atomic E-state index is 11.2. The summed E-state index contributed by atoms with van der Waals surface area (Å²) in [7, 11) is 0. The van der Waals surface area contributed by atoms with Crippen molar-refractivity contribution in [2.75, 3.05) is 6.61 Å². The van der Waals surface area contributed by atoms with Gasteiger partial charge in [-0.05, 0) is 54.0 Å². The first-order valence-corrected chi connectivity index (χ1v) is 6.81. The summed E-state index contributed by atoms with van der Waals surface area (Å²) in [6, 6.07) is 14.2. The molecule has 0 unspecified atom stereocenters. The molecule has 0 fully saturated rings. The highest BCUT2D eigenvalue weighted by Gasteiger charge is 2.21. The fourth-order valence-electron chi connectivity index (χ4n) is 2.59. The molecule has 0 bridgehead atoms. The Bertz CT molecular complexity index is 826. The first-order valence-electron chi connectivity index (χ1n) is 6.81. The van der Waals surface area contributed by atoms with Crippen LogP contribution in [0.25, 0.3) is 5.57 Å². The van der Waals surface area contributed by atoms with Crippen LogP contribution in [0.5, 0.6) is 5.75 Å². The number of carboxylic acids is 1. The molecule has 4 heteroatoms. The summed E-state index contributed by atoms with van der Waals surface area (Å²) < 4.78 is 5.66. The summed E-state index contributed by atoms with van der Waals surface area (Å²) in [6.07, 6.45) is 0. The molecule has 108 valence electrons. The third-order valence-electron chi connectivity index (χ3n) is 3.67. The number of rotatable bonds is 2. The second-order valence-corrected chi connectivity index (χ2v) is 5.15. The van der Waals surface area contributed by atoms with Crippen molar-refractivity contribution in [3.8, 4) is 11.8 Å². The van der Waals surface area contributed by atoms with Gasteiger partial charge in [-0.1, -0.05) is 12.1 Å². The second kappa shape index (κ2) is 5.38. The van der Waals surface area contributed by atoms with Crippen LogP contribution in [0.15, 0.2) is 48.0 Å². The fourth-order valence-corrected chi connectivity index (χ4v) is 2.59. The van der Waals surface area contributed by atoms with Crippen LogP contribution >= 0.6 is 0 Å². The molecular formula is C18H13NO3. The number of hydrogen-bond acceptors (Lipinski definition) is 3. The van der Waals surface area contributed by atoms with E-state index in [4.69, 9.17) is 10.00 Å². The summed E-state index contributed by atoms with van der Waals surface area (Å²) >= 11 is 0. The van der Waals surface area contributed by atoms with Crippen LogP contribution in [0.4, 0.5) is 0 Å². The highest BCUT2D eigenvalue weighted by Crippen LogP contribution is 2.37. The zero-order chi connectivity index (χ0) is 15.7. The SMILES string of the molecule is CC1=C(c2ccc(C#N)cc2)c2cc(C(=O)O)ccc2OC1. The normalized spacial score (nSPS) is 13.1. The van der Waals surface area contributed by atoms with Crippen molar-refractivity contribution in [1.29, 1.82) is 5.26 Å². The van der Waals surface area contributed by atoms with Gasteiger partial charge in [0.2, 0.25) is 0 Å². The number of benzene rings is 2. The van der Waals surface area contributed by atoms with Crippen molar-refractivity contribution in [2.24, 2.45) is 0 Å². The van der Waals surface area contributed by atoms with E-state index in [2.05, 4.69) is 6.07 Å².